The smallest absolute Gasteiger partial charge is 0.261 e. The number of hydrogen-bond acceptors (Lipinski definition) is 4. The summed E-state index contributed by atoms with van der Waals surface area (Å²) < 4.78 is 0.559. The van der Waals surface area contributed by atoms with Gasteiger partial charge in [-0.3, -0.25) is 4.79 Å². The van der Waals surface area contributed by atoms with Crippen molar-refractivity contribution < 1.29 is 9.90 Å². The average molecular weight is 297 g/mol. The molecule has 19 heavy (non-hydrogen) atoms. The summed E-state index contributed by atoms with van der Waals surface area (Å²) in [5.74, 6) is -0.244. The second-order valence-electron chi connectivity index (χ2n) is 4.00. The Balaban J connectivity index is 1.91. The van der Waals surface area contributed by atoms with E-state index in [-0.39, 0.29) is 12.5 Å². The van der Waals surface area contributed by atoms with Crippen LogP contribution < -0.4 is 11.1 Å². The Kier molecular flexibility index (Phi) is 4.42. The normalized spacial score (nSPS) is 12.1. The predicted molar refractivity (Wildman–Crippen MR) is 77.5 cm³/mol. The maximum absolute atomic E-state index is 11.8. The number of amides is 1. The van der Waals surface area contributed by atoms with Crippen LogP contribution in [0.4, 0.5) is 5.69 Å². The number of nitrogen functional groups attached to an aromatic ring is 1. The molecule has 1 aromatic carbocycles. The van der Waals surface area contributed by atoms with Crippen LogP contribution in [0.1, 0.15) is 21.3 Å². The number of thiophene rings is 1. The van der Waals surface area contributed by atoms with Gasteiger partial charge in [0, 0.05) is 12.2 Å². The van der Waals surface area contributed by atoms with Gasteiger partial charge in [0.25, 0.3) is 5.91 Å². The zero-order valence-corrected chi connectivity index (χ0v) is 11.5. The molecule has 6 heteroatoms. The highest BCUT2D eigenvalue weighted by Gasteiger charge is 2.12. The molecule has 0 aliphatic rings. The Morgan fingerprint density at radius 3 is 2.58 bits per heavy atom. The molecule has 0 saturated carbocycles. The van der Waals surface area contributed by atoms with E-state index in [2.05, 4.69) is 5.32 Å². The van der Waals surface area contributed by atoms with Gasteiger partial charge in [-0.2, -0.15) is 0 Å². The van der Waals surface area contributed by atoms with Crippen molar-refractivity contribution in [3.8, 4) is 0 Å². The Hall–Kier alpha value is -1.56. The lowest BCUT2D eigenvalue weighted by Gasteiger charge is -2.12. The molecule has 0 aliphatic heterocycles. The number of halogens is 1. The van der Waals surface area contributed by atoms with Gasteiger partial charge in [0.1, 0.15) is 0 Å². The number of nitrogens with two attached hydrogens (primary N) is 1. The van der Waals surface area contributed by atoms with Crippen LogP contribution in [0.2, 0.25) is 4.34 Å². The molecule has 100 valence electrons. The van der Waals surface area contributed by atoms with E-state index >= 15 is 0 Å². The quantitative estimate of drug-likeness (QED) is 0.759. The summed E-state index contributed by atoms with van der Waals surface area (Å²) in [4.78, 5) is 12.3. The van der Waals surface area contributed by atoms with Crippen LogP contribution in [-0.2, 0) is 0 Å². The van der Waals surface area contributed by atoms with Crippen LogP contribution in [0.15, 0.2) is 36.4 Å². The van der Waals surface area contributed by atoms with Gasteiger partial charge in [-0.25, -0.2) is 0 Å². The third-order valence-corrected chi connectivity index (χ3v) is 3.80. The number of aliphatic hydroxyl groups is 1. The third-order valence-electron chi connectivity index (χ3n) is 2.57. The minimum absolute atomic E-state index is 0.137. The minimum atomic E-state index is -0.764. The van der Waals surface area contributed by atoms with Gasteiger partial charge in [-0.05, 0) is 29.8 Å². The van der Waals surface area contributed by atoms with E-state index in [0.717, 1.165) is 0 Å². The summed E-state index contributed by atoms with van der Waals surface area (Å²) in [6.45, 7) is 0.137. The number of rotatable bonds is 4. The number of anilines is 1. The lowest BCUT2D eigenvalue weighted by atomic mass is 10.1. The summed E-state index contributed by atoms with van der Waals surface area (Å²) in [6.07, 6.45) is -0.764. The molecule has 0 radical (unpaired) electrons. The second kappa shape index (κ2) is 6.06. The van der Waals surface area contributed by atoms with Crippen molar-refractivity contribution >= 4 is 34.5 Å². The predicted octanol–water partition coefficient (Wildman–Crippen LogP) is 2.45. The van der Waals surface area contributed by atoms with Crippen LogP contribution in [0, 0.1) is 0 Å². The molecule has 0 fully saturated rings. The first-order valence-electron chi connectivity index (χ1n) is 5.63. The molecule has 4 nitrogen and oxygen atoms in total. The highest BCUT2D eigenvalue weighted by Crippen LogP contribution is 2.21. The van der Waals surface area contributed by atoms with Crippen molar-refractivity contribution in [2.24, 2.45) is 0 Å². The molecule has 2 aromatic rings. The fraction of sp³-hybridized carbons (Fsp3) is 0.154. The van der Waals surface area contributed by atoms with Crippen LogP contribution in [0.3, 0.4) is 0 Å². The van der Waals surface area contributed by atoms with Gasteiger partial charge >= 0.3 is 0 Å². The molecule has 2 rings (SSSR count). The van der Waals surface area contributed by atoms with Crippen molar-refractivity contribution in [2.75, 3.05) is 12.3 Å². The van der Waals surface area contributed by atoms with Crippen LogP contribution >= 0.6 is 22.9 Å². The van der Waals surface area contributed by atoms with Gasteiger partial charge in [0.15, 0.2) is 0 Å². The first-order valence-corrected chi connectivity index (χ1v) is 6.83. The number of nitrogens with one attached hydrogen (secondary N) is 1. The molecule has 0 bridgehead atoms. The molecule has 0 spiro atoms. The maximum atomic E-state index is 11.8. The van der Waals surface area contributed by atoms with E-state index in [0.29, 0.717) is 20.5 Å². The fourth-order valence-electron chi connectivity index (χ4n) is 1.55. The first kappa shape index (κ1) is 13.9. The van der Waals surface area contributed by atoms with Crippen molar-refractivity contribution in [3.05, 3.63) is 51.2 Å². The summed E-state index contributed by atoms with van der Waals surface area (Å²) in [6, 6.07) is 10.2. The molecule has 1 unspecified atom stereocenters. The summed E-state index contributed by atoms with van der Waals surface area (Å²) in [5, 5.41) is 12.6. The van der Waals surface area contributed by atoms with E-state index in [4.69, 9.17) is 17.3 Å². The lowest BCUT2D eigenvalue weighted by Crippen LogP contribution is -2.27. The van der Waals surface area contributed by atoms with Gasteiger partial charge < -0.3 is 16.2 Å². The van der Waals surface area contributed by atoms with E-state index in [1.165, 1.54) is 11.3 Å². The SMILES string of the molecule is Nc1ccc(C(O)CNC(=O)c2ccc(Cl)s2)cc1. The molecule has 1 atom stereocenters. The van der Waals surface area contributed by atoms with Crippen LogP contribution in [0.5, 0.6) is 0 Å². The summed E-state index contributed by atoms with van der Waals surface area (Å²) >= 11 is 6.96. The Labute approximate surface area is 119 Å². The zero-order valence-electron chi connectivity index (χ0n) is 9.97. The number of carbonyl (C=O) groups is 1. The largest absolute Gasteiger partial charge is 0.399 e. The Morgan fingerprint density at radius 2 is 2.00 bits per heavy atom. The first-order chi connectivity index (χ1) is 9.06. The fourth-order valence-corrected chi connectivity index (χ4v) is 2.51. The molecular formula is C13H13ClN2O2S. The molecule has 1 aromatic heterocycles. The lowest BCUT2D eigenvalue weighted by molar-refractivity contribution is 0.0920. The molecule has 0 aliphatic carbocycles. The van der Waals surface area contributed by atoms with Gasteiger partial charge in [0.05, 0.1) is 15.3 Å². The number of hydrogen-bond donors (Lipinski definition) is 3. The van der Waals surface area contributed by atoms with Crippen LogP contribution in [-0.4, -0.2) is 17.6 Å². The third kappa shape index (κ3) is 3.70. The summed E-state index contributed by atoms with van der Waals surface area (Å²) in [7, 11) is 0. The average Bonchev–Trinajstić information content (AvgIpc) is 2.83. The highest BCUT2D eigenvalue weighted by molar-refractivity contribution is 7.17. The molecule has 4 N–H and O–H groups in total. The molecular weight excluding hydrogens is 284 g/mol. The number of benzene rings is 1. The molecule has 0 saturated heterocycles. The van der Waals surface area contributed by atoms with E-state index < -0.39 is 6.10 Å². The van der Waals surface area contributed by atoms with Gasteiger partial charge in [-0.15, -0.1) is 11.3 Å². The number of aliphatic hydroxyl groups excluding tert-OH is 1. The van der Waals surface area contributed by atoms with Crippen molar-refractivity contribution in [1.29, 1.82) is 0 Å². The standard InChI is InChI=1S/C13H13ClN2O2S/c14-12-6-5-11(19-12)13(18)16-7-10(17)8-1-3-9(15)4-2-8/h1-6,10,17H,7,15H2,(H,16,18). The van der Waals surface area contributed by atoms with Crippen molar-refractivity contribution in [2.45, 2.75) is 6.10 Å². The minimum Gasteiger partial charge on any atom is -0.399 e. The Bertz CT molecular complexity index is 568. The van der Waals surface area contributed by atoms with Gasteiger partial charge in [-0.1, -0.05) is 23.7 Å². The van der Waals surface area contributed by atoms with E-state index in [9.17, 15) is 9.90 Å². The maximum Gasteiger partial charge on any atom is 0.261 e. The van der Waals surface area contributed by atoms with E-state index in [1.807, 2.05) is 0 Å². The molecule has 1 amide bonds. The van der Waals surface area contributed by atoms with E-state index in [1.54, 1.807) is 36.4 Å². The Morgan fingerprint density at radius 1 is 1.32 bits per heavy atom. The zero-order chi connectivity index (χ0) is 13.8. The van der Waals surface area contributed by atoms with Crippen LogP contribution in [0.25, 0.3) is 0 Å². The monoisotopic (exact) mass is 296 g/mol. The van der Waals surface area contributed by atoms with Crippen molar-refractivity contribution in [3.63, 3.8) is 0 Å². The number of carbonyl (C=O) groups excluding carboxylic acids is 1. The second-order valence-corrected chi connectivity index (χ2v) is 5.71. The van der Waals surface area contributed by atoms with Crippen molar-refractivity contribution in [1.82, 2.24) is 5.32 Å². The highest BCUT2D eigenvalue weighted by atomic mass is 35.5. The summed E-state index contributed by atoms with van der Waals surface area (Å²) in [5.41, 5.74) is 6.90. The topological polar surface area (TPSA) is 75.3 Å². The van der Waals surface area contributed by atoms with Gasteiger partial charge in [0.2, 0.25) is 0 Å². The molecule has 1 heterocycles.